The highest BCUT2D eigenvalue weighted by molar-refractivity contribution is 5.82. The molecule has 98 valence electrons. The molecule has 0 aliphatic heterocycles. The van der Waals surface area contributed by atoms with Gasteiger partial charge in [-0.3, -0.25) is 4.98 Å². The molecule has 0 fully saturated rings. The third-order valence-corrected chi connectivity index (χ3v) is 3.21. The molecule has 0 N–H and O–H groups in total. The van der Waals surface area contributed by atoms with Crippen molar-refractivity contribution in [3.8, 4) is 17.5 Å². The van der Waals surface area contributed by atoms with Crippen LogP contribution in [-0.2, 0) is 6.54 Å². The summed E-state index contributed by atoms with van der Waals surface area (Å²) in [7, 11) is 0. The lowest BCUT2D eigenvalue weighted by Crippen LogP contribution is -1.99. The number of aryl methyl sites for hydroxylation is 1. The smallest absolute Gasteiger partial charge is 0.152 e. The lowest BCUT2D eigenvalue weighted by Gasteiger charge is -2.06. The summed E-state index contributed by atoms with van der Waals surface area (Å²) in [5, 5.41) is 8.94. The largest absolute Gasteiger partial charge is 0.324 e. The summed E-state index contributed by atoms with van der Waals surface area (Å²) in [6.07, 6.45) is 2.72. The zero-order valence-corrected chi connectivity index (χ0v) is 10.8. The molecule has 0 unspecified atom stereocenters. The third kappa shape index (κ3) is 1.82. The minimum atomic E-state index is -0.405. The number of nitrogens with zero attached hydrogens (tertiary/aromatic N) is 4. The summed E-state index contributed by atoms with van der Waals surface area (Å²) in [6.45, 7) is 2.64. The number of hydrogen-bond acceptors (Lipinski definition) is 3. The van der Waals surface area contributed by atoms with E-state index in [1.807, 2.05) is 17.6 Å². The Morgan fingerprint density at radius 1 is 1.35 bits per heavy atom. The van der Waals surface area contributed by atoms with Crippen molar-refractivity contribution in [2.75, 3.05) is 0 Å². The van der Waals surface area contributed by atoms with E-state index in [4.69, 9.17) is 5.26 Å². The predicted octanol–water partition coefficient (Wildman–Crippen LogP) is 3.13. The minimum absolute atomic E-state index is 0.405. The Morgan fingerprint density at radius 3 is 2.90 bits per heavy atom. The van der Waals surface area contributed by atoms with E-state index in [-0.39, 0.29) is 0 Å². The monoisotopic (exact) mass is 266 g/mol. The molecule has 0 saturated carbocycles. The van der Waals surface area contributed by atoms with Crippen molar-refractivity contribution in [1.82, 2.24) is 14.5 Å². The van der Waals surface area contributed by atoms with Gasteiger partial charge in [0.1, 0.15) is 5.82 Å². The van der Waals surface area contributed by atoms with E-state index in [0.29, 0.717) is 29.0 Å². The number of halogens is 1. The molecule has 5 heteroatoms. The van der Waals surface area contributed by atoms with Gasteiger partial charge in [0, 0.05) is 12.7 Å². The van der Waals surface area contributed by atoms with Crippen molar-refractivity contribution < 1.29 is 4.39 Å². The molecule has 0 radical (unpaired) electrons. The minimum Gasteiger partial charge on any atom is -0.324 e. The Morgan fingerprint density at radius 2 is 2.20 bits per heavy atom. The van der Waals surface area contributed by atoms with Gasteiger partial charge in [-0.15, -0.1) is 0 Å². The second kappa shape index (κ2) is 4.74. The summed E-state index contributed by atoms with van der Waals surface area (Å²) in [5.41, 5.74) is 2.53. The van der Waals surface area contributed by atoms with Gasteiger partial charge < -0.3 is 4.57 Å². The zero-order chi connectivity index (χ0) is 14.1. The van der Waals surface area contributed by atoms with Crippen LogP contribution in [0, 0.1) is 17.1 Å². The second-order valence-corrected chi connectivity index (χ2v) is 4.35. The SMILES string of the molecule is CCn1c(-c2ccncc2F)nc2cc(C#N)ccc21. The van der Waals surface area contributed by atoms with Gasteiger partial charge >= 0.3 is 0 Å². The van der Waals surface area contributed by atoms with E-state index in [0.717, 1.165) is 5.52 Å². The van der Waals surface area contributed by atoms with E-state index in [2.05, 4.69) is 16.0 Å². The molecule has 2 aromatic heterocycles. The van der Waals surface area contributed by atoms with Crippen LogP contribution in [0.25, 0.3) is 22.4 Å². The number of rotatable bonds is 2. The fraction of sp³-hybridized carbons (Fsp3) is 0.133. The molecule has 0 spiro atoms. The number of benzene rings is 1. The lowest BCUT2D eigenvalue weighted by atomic mass is 10.2. The Balaban J connectivity index is 2.31. The van der Waals surface area contributed by atoms with Crippen LogP contribution in [0.3, 0.4) is 0 Å². The van der Waals surface area contributed by atoms with E-state index in [9.17, 15) is 4.39 Å². The van der Waals surface area contributed by atoms with E-state index in [1.54, 1.807) is 24.4 Å². The quantitative estimate of drug-likeness (QED) is 0.716. The van der Waals surface area contributed by atoms with Crippen molar-refractivity contribution in [2.24, 2.45) is 0 Å². The molecule has 0 saturated heterocycles. The van der Waals surface area contributed by atoms with Gasteiger partial charge in [-0.25, -0.2) is 9.37 Å². The molecule has 3 aromatic rings. The number of imidazole rings is 1. The van der Waals surface area contributed by atoms with Crippen molar-refractivity contribution >= 4 is 11.0 Å². The fourth-order valence-electron chi connectivity index (χ4n) is 2.28. The first-order chi connectivity index (χ1) is 9.74. The summed E-state index contributed by atoms with van der Waals surface area (Å²) in [6, 6.07) is 8.98. The van der Waals surface area contributed by atoms with Crippen LogP contribution >= 0.6 is 0 Å². The highest BCUT2D eigenvalue weighted by atomic mass is 19.1. The first-order valence-corrected chi connectivity index (χ1v) is 6.25. The van der Waals surface area contributed by atoms with Gasteiger partial charge in [0.15, 0.2) is 5.82 Å². The van der Waals surface area contributed by atoms with Crippen LogP contribution < -0.4 is 0 Å². The molecule has 20 heavy (non-hydrogen) atoms. The molecule has 0 amide bonds. The molecule has 0 atom stereocenters. The molecular weight excluding hydrogens is 255 g/mol. The Bertz CT molecular complexity index is 829. The highest BCUT2D eigenvalue weighted by Crippen LogP contribution is 2.26. The summed E-state index contributed by atoms with van der Waals surface area (Å²) >= 11 is 0. The predicted molar refractivity (Wildman–Crippen MR) is 73.3 cm³/mol. The second-order valence-electron chi connectivity index (χ2n) is 4.35. The van der Waals surface area contributed by atoms with Crippen molar-refractivity contribution in [2.45, 2.75) is 13.5 Å². The summed E-state index contributed by atoms with van der Waals surface area (Å²) < 4.78 is 15.8. The van der Waals surface area contributed by atoms with Crippen LogP contribution in [0.4, 0.5) is 4.39 Å². The molecule has 2 heterocycles. The first-order valence-electron chi connectivity index (χ1n) is 6.25. The van der Waals surface area contributed by atoms with Crippen LogP contribution in [0.5, 0.6) is 0 Å². The number of pyridine rings is 1. The van der Waals surface area contributed by atoms with Gasteiger partial charge in [-0.1, -0.05) is 0 Å². The van der Waals surface area contributed by atoms with E-state index >= 15 is 0 Å². The third-order valence-electron chi connectivity index (χ3n) is 3.21. The van der Waals surface area contributed by atoms with Crippen molar-refractivity contribution in [3.63, 3.8) is 0 Å². The maximum atomic E-state index is 13.9. The van der Waals surface area contributed by atoms with E-state index in [1.165, 1.54) is 6.20 Å². The maximum Gasteiger partial charge on any atom is 0.152 e. The van der Waals surface area contributed by atoms with Gasteiger partial charge in [0.2, 0.25) is 0 Å². The molecule has 0 aliphatic carbocycles. The molecule has 0 bridgehead atoms. The Hall–Kier alpha value is -2.74. The summed E-state index contributed by atoms with van der Waals surface area (Å²) in [4.78, 5) is 8.22. The normalized spacial score (nSPS) is 10.7. The average molecular weight is 266 g/mol. The fourth-order valence-corrected chi connectivity index (χ4v) is 2.28. The Kier molecular flexibility index (Phi) is 2.92. The van der Waals surface area contributed by atoms with Crippen LogP contribution in [0.15, 0.2) is 36.7 Å². The van der Waals surface area contributed by atoms with Gasteiger partial charge in [-0.05, 0) is 31.2 Å². The summed E-state index contributed by atoms with van der Waals surface area (Å²) in [5.74, 6) is 0.149. The van der Waals surface area contributed by atoms with Gasteiger partial charge in [0.25, 0.3) is 0 Å². The van der Waals surface area contributed by atoms with Crippen molar-refractivity contribution in [1.29, 1.82) is 5.26 Å². The lowest BCUT2D eigenvalue weighted by molar-refractivity contribution is 0.621. The zero-order valence-electron chi connectivity index (χ0n) is 10.8. The average Bonchev–Trinajstić information content (AvgIpc) is 2.84. The van der Waals surface area contributed by atoms with Crippen LogP contribution in [0.2, 0.25) is 0 Å². The number of aromatic nitrogens is 3. The number of hydrogen-bond donors (Lipinski definition) is 0. The topological polar surface area (TPSA) is 54.5 Å². The maximum absolute atomic E-state index is 13.9. The van der Waals surface area contributed by atoms with Gasteiger partial charge in [-0.2, -0.15) is 5.26 Å². The number of nitriles is 1. The molecule has 0 aliphatic rings. The van der Waals surface area contributed by atoms with Crippen LogP contribution in [-0.4, -0.2) is 14.5 Å². The molecular formula is C15H11FN4. The van der Waals surface area contributed by atoms with Gasteiger partial charge in [0.05, 0.1) is 34.4 Å². The molecule has 3 rings (SSSR count). The first kappa shape index (κ1) is 12.3. The van der Waals surface area contributed by atoms with Crippen molar-refractivity contribution in [3.05, 3.63) is 48.0 Å². The standard InChI is InChI=1S/C15H11FN4/c1-2-20-14-4-3-10(8-17)7-13(14)19-15(20)11-5-6-18-9-12(11)16/h3-7,9H,2H2,1H3. The molecule has 4 nitrogen and oxygen atoms in total. The number of fused-ring (bicyclic) bond motifs is 1. The Labute approximate surface area is 115 Å². The highest BCUT2D eigenvalue weighted by Gasteiger charge is 2.15. The molecule has 1 aromatic carbocycles. The van der Waals surface area contributed by atoms with E-state index < -0.39 is 5.82 Å². The van der Waals surface area contributed by atoms with Crippen LogP contribution in [0.1, 0.15) is 12.5 Å².